The maximum absolute atomic E-state index is 13.2. The third kappa shape index (κ3) is 5.04. The van der Waals surface area contributed by atoms with Gasteiger partial charge in [-0.3, -0.25) is 10.1 Å². The van der Waals surface area contributed by atoms with Crippen molar-refractivity contribution in [2.75, 3.05) is 6.54 Å². The predicted molar refractivity (Wildman–Crippen MR) is 108 cm³/mol. The van der Waals surface area contributed by atoms with Crippen LogP contribution in [0.1, 0.15) is 64.9 Å². The highest BCUT2D eigenvalue weighted by Crippen LogP contribution is 2.32. The lowest BCUT2D eigenvalue weighted by atomic mass is 9.87. The van der Waals surface area contributed by atoms with E-state index in [1.165, 1.54) is 0 Å². The molecule has 1 fully saturated rings. The Labute approximate surface area is 167 Å². The molecule has 3 atom stereocenters. The van der Waals surface area contributed by atoms with E-state index in [9.17, 15) is 19.7 Å². The molecule has 0 N–H and O–H groups in total. The second kappa shape index (κ2) is 9.92. The third-order valence-electron chi connectivity index (χ3n) is 6.28. The molecule has 6 nitrogen and oxygen atoms in total. The summed E-state index contributed by atoms with van der Waals surface area (Å²) < 4.78 is 0.00560. The van der Waals surface area contributed by atoms with E-state index in [0.717, 1.165) is 56.9 Å². The second-order valence-electron chi connectivity index (χ2n) is 8.46. The summed E-state index contributed by atoms with van der Waals surface area (Å²) in [5.41, 5.74) is 1.21. The standard InChI is InChI=1S/C22H33N2O4/c1-17(2)21(22(26)24(16-25)15-7-8-18(24)3)10-6-4-5-9-19-11-13-20(14-12-19)23(27)28/h11-14,16-18,21H,4-10,15H2,1-3H3/q+1/t18-,21?,24?/m1/s1. The fraction of sp³-hybridized carbons (Fsp3) is 0.636. The lowest BCUT2D eigenvalue weighted by Crippen LogP contribution is -2.57. The molecule has 1 saturated heterocycles. The van der Waals surface area contributed by atoms with E-state index in [2.05, 4.69) is 13.8 Å². The number of hydrogen-bond donors (Lipinski definition) is 0. The minimum absolute atomic E-state index is 0.00560. The molecule has 2 amide bonds. The molecule has 154 valence electrons. The lowest BCUT2D eigenvalue weighted by Gasteiger charge is -2.33. The topological polar surface area (TPSA) is 77.3 Å². The largest absolute Gasteiger partial charge is 0.324 e. The van der Waals surface area contributed by atoms with Crippen LogP contribution < -0.4 is 0 Å². The monoisotopic (exact) mass is 389 g/mol. The van der Waals surface area contributed by atoms with Gasteiger partial charge in [-0.15, -0.1) is 0 Å². The van der Waals surface area contributed by atoms with Gasteiger partial charge in [0.2, 0.25) is 0 Å². The molecule has 0 bridgehead atoms. The summed E-state index contributed by atoms with van der Waals surface area (Å²) in [6, 6.07) is 6.80. The summed E-state index contributed by atoms with van der Waals surface area (Å²) in [5, 5.41) is 10.7. The molecule has 1 aromatic rings. The third-order valence-corrected chi connectivity index (χ3v) is 6.28. The van der Waals surface area contributed by atoms with Crippen LogP contribution in [0.25, 0.3) is 0 Å². The minimum atomic E-state index is -0.386. The van der Waals surface area contributed by atoms with Crippen molar-refractivity contribution < 1.29 is 19.0 Å². The van der Waals surface area contributed by atoms with Crippen molar-refractivity contribution >= 4 is 18.0 Å². The van der Waals surface area contributed by atoms with Crippen molar-refractivity contribution in [3.8, 4) is 0 Å². The van der Waals surface area contributed by atoms with Crippen LogP contribution in [0, 0.1) is 22.0 Å². The predicted octanol–water partition coefficient (Wildman–Crippen LogP) is 4.65. The van der Waals surface area contributed by atoms with Crippen LogP contribution in [-0.2, 0) is 16.0 Å². The number of aryl methyl sites for hydroxylation is 1. The van der Waals surface area contributed by atoms with Crippen LogP contribution >= 0.6 is 0 Å². The van der Waals surface area contributed by atoms with Crippen molar-refractivity contribution in [1.82, 2.24) is 0 Å². The van der Waals surface area contributed by atoms with Crippen LogP contribution in [0.3, 0.4) is 0 Å². The first-order valence-electron chi connectivity index (χ1n) is 10.4. The Balaban J connectivity index is 1.84. The van der Waals surface area contributed by atoms with Crippen molar-refractivity contribution in [2.24, 2.45) is 11.8 Å². The molecule has 28 heavy (non-hydrogen) atoms. The Morgan fingerprint density at radius 3 is 2.43 bits per heavy atom. The maximum Gasteiger partial charge on any atom is 0.324 e. The fourth-order valence-corrected chi connectivity index (χ4v) is 4.34. The second-order valence-corrected chi connectivity index (χ2v) is 8.46. The highest BCUT2D eigenvalue weighted by atomic mass is 16.6. The highest BCUT2D eigenvalue weighted by molar-refractivity contribution is 5.78. The Kier molecular flexibility index (Phi) is 7.87. The number of nitrogens with zero attached hydrogens (tertiary/aromatic N) is 2. The van der Waals surface area contributed by atoms with Crippen LogP contribution in [-0.4, -0.2) is 34.3 Å². The van der Waals surface area contributed by atoms with Crippen LogP contribution in [0.2, 0.25) is 0 Å². The normalized spacial score (nSPS) is 22.9. The van der Waals surface area contributed by atoms with E-state index in [1.54, 1.807) is 12.1 Å². The number of quaternary nitrogens is 1. The quantitative estimate of drug-likeness (QED) is 0.192. The van der Waals surface area contributed by atoms with E-state index < -0.39 is 0 Å². The number of likely N-dealkylation sites (tertiary alicyclic amines) is 1. The van der Waals surface area contributed by atoms with Gasteiger partial charge in [0.15, 0.2) is 0 Å². The molecule has 1 aliphatic rings. The van der Waals surface area contributed by atoms with Crippen molar-refractivity contribution in [3.05, 3.63) is 39.9 Å². The molecule has 1 aliphatic heterocycles. The number of hydrogen-bond acceptors (Lipinski definition) is 4. The number of imide groups is 1. The summed E-state index contributed by atoms with van der Waals surface area (Å²) in [7, 11) is 0. The summed E-state index contributed by atoms with van der Waals surface area (Å²) in [6.45, 7) is 6.80. The Bertz CT molecular complexity index is 686. The number of carbonyl (C=O) groups excluding carboxylic acids is 2. The smallest absolute Gasteiger partial charge is 0.258 e. The van der Waals surface area contributed by atoms with E-state index in [-0.39, 0.29) is 38.9 Å². The molecular weight excluding hydrogens is 356 g/mol. The molecule has 0 saturated carbocycles. The van der Waals surface area contributed by atoms with Crippen molar-refractivity contribution in [2.45, 2.75) is 71.8 Å². The van der Waals surface area contributed by atoms with E-state index >= 15 is 0 Å². The molecule has 2 rings (SSSR count). The van der Waals surface area contributed by atoms with Gasteiger partial charge in [-0.05, 0) is 37.7 Å². The number of nitro groups is 1. The van der Waals surface area contributed by atoms with Gasteiger partial charge in [-0.1, -0.05) is 38.8 Å². The van der Waals surface area contributed by atoms with Gasteiger partial charge < -0.3 is 0 Å². The van der Waals surface area contributed by atoms with Crippen molar-refractivity contribution in [3.63, 3.8) is 0 Å². The van der Waals surface area contributed by atoms with Crippen LogP contribution in [0.5, 0.6) is 0 Å². The SMILES string of the molecule is CC(C)C(CCCCCc1ccc([N+](=O)[O-])cc1)C(=O)[N+]1(C=O)CCC[C@H]1C. The minimum Gasteiger partial charge on any atom is -0.258 e. The maximum atomic E-state index is 13.2. The van der Waals surface area contributed by atoms with E-state index in [4.69, 9.17) is 0 Å². The number of unbranched alkanes of at least 4 members (excludes halogenated alkanes) is 2. The van der Waals surface area contributed by atoms with Gasteiger partial charge in [0, 0.05) is 25.0 Å². The fourth-order valence-electron chi connectivity index (χ4n) is 4.34. The number of rotatable bonds is 10. The average Bonchev–Trinajstić information content (AvgIpc) is 3.05. The van der Waals surface area contributed by atoms with Crippen LogP contribution in [0.15, 0.2) is 24.3 Å². The van der Waals surface area contributed by atoms with E-state index in [1.807, 2.05) is 19.1 Å². The Morgan fingerprint density at radius 2 is 1.93 bits per heavy atom. The zero-order valence-electron chi connectivity index (χ0n) is 17.3. The molecule has 0 radical (unpaired) electrons. The van der Waals surface area contributed by atoms with Gasteiger partial charge in [-0.2, -0.15) is 4.48 Å². The number of nitro benzene ring substituents is 1. The molecule has 6 heteroatoms. The summed E-state index contributed by atoms with van der Waals surface area (Å²) in [5.74, 6) is 0.250. The number of benzene rings is 1. The van der Waals surface area contributed by atoms with Crippen molar-refractivity contribution in [1.29, 1.82) is 0 Å². The lowest BCUT2D eigenvalue weighted by molar-refractivity contribution is -0.782. The number of carbonyl (C=O) groups is 2. The Morgan fingerprint density at radius 1 is 1.25 bits per heavy atom. The number of non-ortho nitro benzene ring substituents is 1. The summed E-state index contributed by atoms with van der Waals surface area (Å²) >= 11 is 0. The zero-order chi connectivity index (χ0) is 20.7. The Hall–Kier alpha value is -2.08. The summed E-state index contributed by atoms with van der Waals surface area (Å²) in [6.07, 6.45) is 7.39. The first-order valence-corrected chi connectivity index (χ1v) is 10.4. The highest BCUT2D eigenvalue weighted by Gasteiger charge is 2.49. The zero-order valence-corrected chi connectivity index (χ0v) is 17.3. The van der Waals surface area contributed by atoms with Gasteiger partial charge in [0.25, 0.3) is 5.69 Å². The molecule has 0 aromatic heterocycles. The van der Waals surface area contributed by atoms with Gasteiger partial charge in [0.1, 0.15) is 6.04 Å². The number of amides is 2. The van der Waals surface area contributed by atoms with Gasteiger partial charge >= 0.3 is 12.3 Å². The molecular formula is C22H33N2O4+. The molecule has 1 aromatic carbocycles. The molecule has 1 heterocycles. The first kappa shape index (κ1) is 22.2. The van der Waals surface area contributed by atoms with Gasteiger partial charge in [-0.25, -0.2) is 9.59 Å². The van der Waals surface area contributed by atoms with Gasteiger partial charge in [0.05, 0.1) is 17.4 Å². The molecule has 0 spiro atoms. The van der Waals surface area contributed by atoms with Crippen LogP contribution in [0.4, 0.5) is 5.69 Å². The molecule has 2 unspecified atom stereocenters. The average molecular weight is 390 g/mol. The van der Waals surface area contributed by atoms with E-state index in [0.29, 0.717) is 6.54 Å². The summed E-state index contributed by atoms with van der Waals surface area (Å²) in [4.78, 5) is 35.3. The molecule has 0 aliphatic carbocycles. The first-order chi connectivity index (χ1) is 13.3.